The lowest BCUT2D eigenvalue weighted by atomic mass is 9.51. The van der Waals surface area contributed by atoms with Crippen molar-refractivity contribution in [1.82, 2.24) is 0 Å². The Morgan fingerprint density at radius 1 is 1.43 bits per heavy atom. The Morgan fingerprint density at radius 3 is 3.07 bits per heavy atom. The normalized spacial score (nSPS) is 50.6. The van der Waals surface area contributed by atoms with E-state index >= 15 is 0 Å². The maximum Gasteiger partial charge on any atom is 0.0724 e. The van der Waals surface area contributed by atoms with Crippen LogP contribution in [-0.2, 0) is 0 Å². The highest BCUT2D eigenvalue weighted by Gasteiger charge is 2.49. The fourth-order valence-electron chi connectivity index (χ4n) is 3.80. The van der Waals surface area contributed by atoms with Crippen LogP contribution < -0.4 is 0 Å². The molecule has 14 heavy (non-hydrogen) atoms. The van der Waals surface area contributed by atoms with Gasteiger partial charge in [-0.25, -0.2) is 0 Å². The SMILES string of the molecule is C=C1C[C@@]23C=CC(O)C[C@@H]2C[C@@H]1CC3. The molecule has 4 atom stereocenters. The van der Waals surface area contributed by atoms with Gasteiger partial charge in [-0.3, -0.25) is 0 Å². The van der Waals surface area contributed by atoms with Crippen molar-refractivity contribution in [3.63, 3.8) is 0 Å². The molecule has 0 aromatic rings. The summed E-state index contributed by atoms with van der Waals surface area (Å²) in [5, 5.41) is 9.63. The van der Waals surface area contributed by atoms with Gasteiger partial charge in [0.1, 0.15) is 0 Å². The van der Waals surface area contributed by atoms with E-state index in [1.807, 2.05) is 6.08 Å². The number of rotatable bonds is 0. The van der Waals surface area contributed by atoms with Gasteiger partial charge in [0.05, 0.1) is 6.10 Å². The second-order valence-corrected chi connectivity index (χ2v) is 5.40. The van der Waals surface area contributed by atoms with E-state index < -0.39 is 0 Å². The predicted octanol–water partition coefficient (Wildman–Crippen LogP) is 2.67. The van der Waals surface area contributed by atoms with Crippen molar-refractivity contribution in [1.29, 1.82) is 0 Å². The molecule has 0 saturated heterocycles. The topological polar surface area (TPSA) is 20.2 Å². The van der Waals surface area contributed by atoms with Crippen LogP contribution in [0.5, 0.6) is 0 Å². The van der Waals surface area contributed by atoms with Gasteiger partial charge in [0.2, 0.25) is 0 Å². The van der Waals surface area contributed by atoms with Gasteiger partial charge in [-0.15, -0.1) is 0 Å². The molecule has 3 saturated carbocycles. The van der Waals surface area contributed by atoms with E-state index in [9.17, 15) is 5.11 Å². The summed E-state index contributed by atoms with van der Waals surface area (Å²) in [6.07, 6.45) is 10.2. The molecule has 4 rings (SSSR count). The summed E-state index contributed by atoms with van der Waals surface area (Å²) in [5.74, 6) is 1.49. The standard InChI is InChI=1S/C13H18O/c1-9-8-13-4-2-10(9)6-11(13)7-12(14)3-5-13/h3,5,10-12,14H,1-2,4,6-8H2/t10-,11-,12?,13+/m0/s1. The molecule has 0 aliphatic heterocycles. The molecule has 0 aromatic carbocycles. The number of aliphatic hydroxyl groups is 1. The summed E-state index contributed by atoms with van der Waals surface area (Å²) < 4.78 is 0. The third-order valence-electron chi connectivity index (χ3n) is 4.65. The van der Waals surface area contributed by atoms with Crippen LogP contribution in [0, 0.1) is 17.3 Å². The zero-order valence-electron chi connectivity index (χ0n) is 8.58. The average molecular weight is 190 g/mol. The van der Waals surface area contributed by atoms with Crippen LogP contribution in [0.15, 0.2) is 24.3 Å². The van der Waals surface area contributed by atoms with E-state index in [0.29, 0.717) is 5.41 Å². The minimum atomic E-state index is -0.182. The molecule has 3 fully saturated rings. The Hall–Kier alpha value is -0.560. The number of hydrogen-bond acceptors (Lipinski definition) is 1. The van der Waals surface area contributed by atoms with Gasteiger partial charge < -0.3 is 5.11 Å². The zero-order valence-corrected chi connectivity index (χ0v) is 8.58. The second-order valence-electron chi connectivity index (χ2n) is 5.40. The maximum atomic E-state index is 9.63. The molecule has 1 heteroatoms. The van der Waals surface area contributed by atoms with Crippen LogP contribution in [0.3, 0.4) is 0 Å². The number of allylic oxidation sites excluding steroid dienone is 2. The van der Waals surface area contributed by atoms with Gasteiger partial charge in [-0.05, 0) is 49.4 Å². The molecular weight excluding hydrogens is 172 g/mol. The summed E-state index contributed by atoms with van der Waals surface area (Å²) in [7, 11) is 0. The summed E-state index contributed by atoms with van der Waals surface area (Å²) in [5.41, 5.74) is 1.86. The highest BCUT2D eigenvalue weighted by Crippen LogP contribution is 2.59. The number of fused-ring (bicyclic) bond motifs is 2. The quantitative estimate of drug-likeness (QED) is 0.582. The van der Waals surface area contributed by atoms with E-state index in [0.717, 1.165) is 18.3 Å². The minimum Gasteiger partial charge on any atom is -0.389 e. The Balaban J connectivity index is 1.98. The van der Waals surface area contributed by atoms with Crippen molar-refractivity contribution < 1.29 is 5.11 Å². The predicted molar refractivity (Wildman–Crippen MR) is 56.8 cm³/mol. The molecule has 1 spiro atoms. The fraction of sp³-hybridized carbons (Fsp3) is 0.692. The lowest BCUT2D eigenvalue weighted by Gasteiger charge is -2.54. The lowest BCUT2D eigenvalue weighted by molar-refractivity contribution is 0.0298. The highest BCUT2D eigenvalue weighted by atomic mass is 16.3. The lowest BCUT2D eigenvalue weighted by Crippen LogP contribution is -2.45. The molecule has 0 aromatic heterocycles. The summed E-state index contributed by atoms with van der Waals surface area (Å²) in [6.45, 7) is 4.21. The van der Waals surface area contributed by atoms with Crippen molar-refractivity contribution >= 4 is 0 Å². The van der Waals surface area contributed by atoms with Crippen molar-refractivity contribution in [3.05, 3.63) is 24.3 Å². The van der Waals surface area contributed by atoms with E-state index in [1.54, 1.807) is 0 Å². The number of hydrogen-bond donors (Lipinski definition) is 1. The fourth-order valence-corrected chi connectivity index (χ4v) is 3.80. The Bertz CT molecular complexity index is 304. The average Bonchev–Trinajstić information content (AvgIpc) is 2.17. The van der Waals surface area contributed by atoms with E-state index in [2.05, 4.69) is 12.7 Å². The molecule has 1 N–H and O–H groups in total. The van der Waals surface area contributed by atoms with Gasteiger partial charge in [-0.2, -0.15) is 0 Å². The van der Waals surface area contributed by atoms with Crippen LogP contribution in [0.1, 0.15) is 32.1 Å². The van der Waals surface area contributed by atoms with Crippen LogP contribution in [0.25, 0.3) is 0 Å². The first-order chi connectivity index (χ1) is 6.70. The van der Waals surface area contributed by atoms with Crippen LogP contribution in [0.2, 0.25) is 0 Å². The molecule has 0 amide bonds. The Labute approximate surface area is 85.5 Å². The van der Waals surface area contributed by atoms with Crippen molar-refractivity contribution in [2.45, 2.75) is 38.2 Å². The largest absolute Gasteiger partial charge is 0.389 e. The Kier molecular flexibility index (Phi) is 1.70. The van der Waals surface area contributed by atoms with Gasteiger partial charge >= 0.3 is 0 Å². The molecule has 1 nitrogen and oxygen atoms in total. The smallest absolute Gasteiger partial charge is 0.0724 e. The first-order valence-corrected chi connectivity index (χ1v) is 5.75. The highest BCUT2D eigenvalue weighted by molar-refractivity contribution is 5.24. The molecule has 0 radical (unpaired) electrons. The maximum absolute atomic E-state index is 9.63. The Morgan fingerprint density at radius 2 is 2.29 bits per heavy atom. The summed E-state index contributed by atoms with van der Waals surface area (Å²) in [6, 6.07) is 0. The molecule has 76 valence electrons. The molecule has 4 aliphatic rings. The molecule has 0 heterocycles. The van der Waals surface area contributed by atoms with Crippen molar-refractivity contribution in [3.8, 4) is 0 Å². The van der Waals surface area contributed by atoms with Crippen LogP contribution in [0.4, 0.5) is 0 Å². The van der Waals surface area contributed by atoms with Crippen molar-refractivity contribution in [2.24, 2.45) is 17.3 Å². The third-order valence-corrected chi connectivity index (χ3v) is 4.65. The summed E-state index contributed by atoms with van der Waals surface area (Å²) in [4.78, 5) is 0. The van der Waals surface area contributed by atoms with E-state index in [4.69, 9.17) is 0 Å². The molecule has 1 unspecified atom stereocenters. The first kappa shape index (κ1) is 8.72. The van der Waals surface area contributed by atoms with Gasteiger partial charge in [0.25, 0.3) is 0 Å². The van der Waals surface area contributed by atoms with Gasteiger partial charge in [0.15, 0.2) is 0 Å². The first-order valence-electron chi connectivity index (χ1n) is 5.75. The minimum absolute atomic E-state index is 0.182. The zero-order chi connectivity index (χ0) is 9.76. The molecule has 4 aliphatic carbocycles. The van der Waals surface area contributed by atoms with Gasteiger partial charge in [0, 0.05) is 0 Å². The molecule has 2 bridgehead atoms. The third kappa shape index (κ3) is 1.05. The number of aliphatic hydroxyl groups excluding tert-OH is 1. The van der Waals surface area contributed by atoms with E-state index in [1.165, 1.54) is 31.3 Å². The summed E-state index contributed by atoms with van der Waals surface area (Å²) >= 11 is 0. The molecular formula is C13H18O. The van der Waals surface area contributed by atoms with Crippen molar-refractivity contribution in [2.75, 3.05) is 0 Å². The van der Waals surface area contributed by atoms with Crippen LogP contribution in [-0.4, -0.2) is 11.2 Å². The van der Waals surface area contributed by atoms with Gasteiger partial charge in [-0.1, -0.05) is 24.3 Å². The second kappa shape index (κ2) is 2.73. The monoisotopic (exact) mass is 190 g/mol. The van der Waals surface area contributed by atoms with Crippen LogP contribution >= 0.6 is 0 Å². The van der Waals surface area contributed by atoms with E-state index in [-0.39, 0.29) is 6.10 Å².